The Kier molecular flexibility index (Phi) is 4.71. The molecule has 2 unspecified atom stereocenters. The maximum atomic E-state index is 11.4. The highest BCUT2D eigenvalue weighted by Crippen LogP contribution is 2.80. The number of ether oxygens (including phenoxy) is 1. The van der Waals surface area contributed by atoms with Crippen LogP contribution in [0.3, 0.4) is 0 Å². The van der Waals surface area contributed by atoms with Crippen molar-refractivity contribution < 1.29 is 40.9 Å². The van der Waals surface area contributed by atoms with E-state index in [-0.39, 0.29) is 6.61 Å². The van der Waals surface area contributed by atoms with Crippen LogP contribution >= 0.6 is 7.82 Å². The minimum absolute atomic E-state index is 0.232. The van der Waals surface area contributed by atoms with Gasteiger partial charge in [-0.2, -0.15) is 0 Å². The zero-order chi connectivity index (χ0) is 15.7. The van der Waals surface area contributed by atoms with Crippen LogP contribution in [0.5, 0.6) is 0 Å². The van der Waals surface area contributed by atoms with Gasteiger partial charge in [0.15, 0.2) is 5.73 Å². The number of carbonyl (C=O) groups is 1. The molecule has 3 fully saturated rings. The van der Waals surface area contributed by atoms with Crippen molar-refractivity contribution in [3.63, 3.8) is 0 Å². The maximum Gasteiger partial charge on any atom is 0.549 e. The van der Waals surface area contributed by atoms with Gasteiger partial charge in [0.1, 0.15) is 0 Å². The molecule has 2 atom stereocenters. The Bertz CT molecular complexity index is 457. The van der Waals surface area contributed by atoms with Crippen molar-refractivity contribution in [2.75, 3.05) is 13.7 Å². The van der Waals surface area contributed by atoms with Gasteiger partial charge in [-0.3, -0.25) is 4.43 Å². The summed E-state index contributed by atoms with van der Waals surface area (Å²) in [7, 11) is -5.63. The van der Waals surface area contributed by atoms with E-state index in [2.05, 4.69) is 6.58 Å². The second-order valence-corrected chi connectivity index (χ2v) is 8.30. The second-order valence-electron chi connectivity index (χ2n) is 4.10. The first kappa shape index (κ1) is 16.8. The van der Waals surface area contributed by atoms with Crippen LogP contribution in [0.25, 0.3) is 0 Å². The Labute approximate surface area is 123 Å². The Morgan fingerprint density at radius 1 is 1.43 bits per heavy atom. The molecule has 11 heteroatoms. The van der Waals surface area contributed by atoms with Crippen LogP contribution in [-0.4, -0.2) is 40.4 Å². The minimum atomic E-state index is -3.57. The molecule has 3 heterocycles. The topological polar surface area (TPSA) is 98.8 Å². The number of phosphoric ester groups is 1. The summed E-state index contributed by atoms with van der Waals surface area (Å²) in [5.74, 6) is -0.646. The van der Waals surface area contributed by atoms with Crippen LogP contribution in [0.1, 0.15) is 20.3 Å². The molecule has 0 aromatic rings. The van der Waals surface area contributed by atoms with E-state index < -0.39 is 34.5 Å². The molecule has 0 saturated carbocycles. The molecule has 120 valence electrons. The largest absolute Gasteiger partial charge is 0.549 e. The Morgan fingerprint density at radius 2 is 2.05 bits per heavy atom. The predicted molar refractivity (Wildman–Crippen MR) is 69.4 cm³/mol. The molecule has 2 bridgehead atoms. The summed E-state index contributed by atoms with van der Waals surface area (Å²) in [5.41, 5.74) is -0.821. The lowest BCUT2D eigenvalue weighted by Gasteiger charge is -2.55. The fourth-order valence-electron chi connectivity index (χ4n) is 1.88. The lowest BCUT2D eigenvalue weighted by atomic mass is 10.5. The smallest absolute Gasteiger partial charge is 0.455 e. The number of phosphoric acid groups is 1. The number of carbonyl (C=O) groups excluding carboxylic acids is 1. The molecular weight excluding hydrogens is 323 g/mol. The zero-order valence-electron chi connectivity index (χ0n) is 11.9. The first-order valence-electron chi connectivity index (χ1n) is 6.31. The molecular formula is C10H17O9PSi. The van der Waals surface area contributed by atoms with Gasteiger partial charge in [-0.25, -0.2) is 22.9 Å². The molecule has 3 aliphatic heterocycles. The molecule has 0 aliphatic carbocycles. The van der Waals surface area contributed by atoms with E-state index in [0.29, 0.717) is 6.42 Å². The molecule has 0 amide bonds. The molecule has 21 heavy (non-hydrogen) atoms. The lowest BCUT2D eigenvalue weighted by Crippen LogP contribution is -2.69. The van der Waals surface area contributed by atoms with Crippen molar-refractivity contribution in [3.8, 4) is 0 Å². The van der Waals surface area contributed by atoms with E-state index >= 15 is 0 Å². The average Bonchev–Trinajstić information content (AvgIpc) is 2.40. The number of esters is 1. The quantitative estimate of drug-likeness (QED) is 0.267. The van der Waals surface area contributed by atoms with Gasteiger partial charge in [0.2, 0.25) is 0 Å². The van der Waals surface area contributed by atoms with Gasteiger partial charge in [0.05, 0.1) is 0 Å². The van der Waals surface area contributed by atoms with Gasteiger partial charge in [-0.15, -0.1) is 0 Å². The van der Waals surface area contributed by atoms with E-state index in [9.17, 15) is 9.36 Å². The van der Waals surface area contributed by atoms with Crippen LogP contribution in [0.4, 0.5) is 0 Å². The van der Waals surface area contributed by atoms with Crippen molar-refractivity contribution in [1.29, 1.82) is 0 Å². The van der Waals surface area contributed by atoms with Crippen molar-refractivity contribution in [3.05, 3.63) is 12.7 Å². The monoisotopic (exact) mass is 340 g/mol. The first-order chi connectivity index (χ1) is 9.86. The summed E-state index contributed by atoms with van der Waals surface area (Å²) in [6, 6.07) is 0. The predicted octanol–water partition coefficient (Wildman–Crippen LogP) is 1.47. The number of hydrogen-bond acceptors (Lipinski definition) is 9. The molecule has 9 nitrogen and oxygen atoms in total. The van der Waals surface area contributed by atoms with E-state index in [1.54, 1.807) is 13.8 Å². The third-order valence-corrected chi connectivity index (χ3v) is 7.21. The molecule has 0 N–H and O–H groups in total. The summed E-state index contributed by atoms with van der Waals surface area (Å²) >= 11 is 0. The van der Waals surface area contributed by atoms with E-state index in [1.807, 2.05) is 0 Å². The van der Waals surface area contributed by atoms with Crippen LogP contribution < -0.4 is 0 Å². The summed E-state index contributed by atoms with van der Waals surface area (Å²) in [6.07, 6.45) is -0.513. The maximum absolute atomic E-state index is 11.4. The highest BCUT2D eigenvalue weighted by Gasteiger charge is 2.80. The molecule has 0 aromatic heterocycles. The third-order valence-electron chi connectivity index (χ3n) is 2.76. The molecule has 0 spiro atoms. The van der Waals surface area contributed by atoms with Gasteiger partial charge in [0, 0.05) is 19.8 Å². The first-order valence-corrected chi connectivity index (χ1v) is 9.57. The van der Waals surface area contributed by atoms with Crippen molar-refractivity contribution in [2.45, 2.75) is 32.2 Å². The second kappa shape index (κ2) is 5.90. The summed E-state index contributed by atoms with van der Waals surface area (Å²) in [4.78, 5) is 11.4. The molecule has 3 rings (SSSR count). The molecule has 0 radical (unpaired) electrons. The Balaban J connectivity index is 2.15. The van der Waals surface area contributed by atoms with Crippen LogP contribution in [0.2, 0.25) is 0 Å². The fraction of sp³-hybridized carbons (Fsp3) is 0.700. The highest BCUT2D eigenvalue weighted by molar-refractivity contribution is 7.51. The van der Waals surface area contributed by atoms with E-state index in [1.165, 1.54) is 7.11 Å². The van der Waals surface area contributed by atoms with Crippen molar-refractivity contribution in [2.24, 2.45) is 0 Å². The number of rotatable bonds is 9. The van der Waals surface area contributed by atoms with Crippen molar-refractivity contribution in [1.82, 2.24) is 0 Å². The van der Waals surface area contributed by atoms with E-state index in [0.717, 1.165) is 6.08 Å². The minimum Gasteiger partial charge on any atom is -0.455 e. The van der Waals surface area contributed by atoms with Gasteiger partial charge in [-0.05, 0) is 13.3 Å². The normalized spacial score (nSPS) is 34.0. The third kappa shape index (κ3) is 2.99. The summed E-state index contributed by atoms with van der Waals surface area (Å²) < 4.78 is 47.4. The lowest BCUT2D eigenvalue weighted by molar-refractivity contribution is -0.524. The van der Waals surface area contributed by atoms with Gasteiger partial charge < -0.3 is 13.6 Å². The molecule has 3 saturated heterocycles. The fourth-order valence-corrected chi connectivity index (χ4v) is 5.54. The summed E-state index contributed by atoms with van der Waals surface area (Å²) in [6.45, 7) is 7.04. The molecule has 0 aromatic carbocycles. The van der Waals surface area contributed by atoms with E-state index in [4.69, 9.17) is 31.6 Å². The van der Waals surface area contributed by atoms with Gasteiger partial charge in [-0.1, -0.05) is 13.5 Å². The van der Waals surface area contributed by atoms with Crippen LogP contribution in [0, 0.1) is 0 Å². The van der Waals surface area contributed by atoms with Gasteiger partial charge >= 0.3 is 28.8 Å². The van der Waals surface area contributed by atoms with Crippen molar-refractivity contribution >= 4 is 22.6 Å². The molecule has 3 aliphatic rings. The average molecular weight is 340 g/mol. The highest BCUT2D eigenvalue weighted by atomic mass is 31.2. The Morgan fingerprint density at radius 3 is 2.43 bits per heavy atom. The van der Waals surface area contributed by atoms with Gasteiger partial charge in [0.25, 0.3) is 0 Å². The number of hydrogen-bond donors (Lipinski definition) is 0. The summed E-state index contributed by atoms with van der Waals surface area (Å²) in [5, 5.41) is 0. The zero-order valence-corrected chi connectivity index (χ0v) is 13.8. The Hall–Kier alpha value is -0.583. The standard InChI is InChI=1S/C10H17O9PSi/c1-5-8(11)15-9(6-2)21(13-4,14-7-3)19-10-16-20(12,17-10)18-10/h5,9H,1,6-7H2,2-4H3. The van der Waals surface area contributed by atoms with Crippen LogP contribution in [-0.2, 0) is 40.9 Å². The SMILES string of the molecule is C=CC(=O)OC(CC)[Si](OC)(OCC)OC12OP(=O)(O1)O2. The van der Waals surface area contributed by atoms with Crippen LogP contribution in [0.15, 0.2) is 12.7 Å².